The zero-order valence-electron chi connectivity index (χ0n) is 14.5. The largest absolute Gasteiger partial charge is 0.396 e. The van der Waals surface area contributed by atoms with Crippen molar-refractivity contribution in [3.8, 4) is 0 Å². The molecule has 3 unspecified atom stereocenters. The molecular weight excluding hydrogens is 334 g/mol. The third-order valence-corrected chi connectivity index (χ3v) is 5.87. The van der Waals surface area contributed by atoms with E-state index in [1.165, 1.54) is 0 Å². The van der Waals surface area contributed by atoms with Crippen LogP contribution in [0.1, 0.15) is 17.3 Å². The molecule has 0 spiro atoms. The second-order valence-electron chi connectivity index (χ2n) is 6.62. The van der Waals surface area contributed by atoms with E-state index in [1.807, 2.05) is 42.5 Å². The number of aliphatic hydroxyl groups is 1. The van der Waals surface area contributed by atoms with Crippen molar-refractivity contribution in [2.24, 2.45) is 11.3 Å². The van der Waals surface area contributed by atoms with E-state index in [0.717, 1.165) is 23.6 Å². The van der Waals surface area contributed by atoms with Gasteiger partial charge in [0, 0.05) is 34.7 Å². The third-order valence-electron chi connectivity index (χ3n) is 4.90. The lowest BCUT2D eigenvalue weighted by molar-refractivity contribution is -0.0433. The fourth-order valence-corrected chi connectivity index (χ4v) is 4.35. The van der Waals surface area contributed by atoms with Gasteiger partial charge in [-0.05, 0) is 0 Å². The first-order valence-corrected chi connectivity index (χ1v) is 9.70. The van der Waals surface area contributed by atoms with Crippen molar-refractivity contribution in [3.63, 3.8) is 0 Å². The highest BCUT2D eigenvalue weighted by Gasteiger charge is 2.45. The second-order valence-corrected chi connectivity index (χ2v) is 7.78. The standard InChI is InChI=1S/C20H25NO3S/c1-20(18-14-21-9-11-24-18)13-16(25-12-10-22)7-8-17(20)19(23)15-5-3-2-4-6-15/h2-8,13,17-18,21-22H,9-12,14H2,1H3. The molecule has 25 heavy (non-hydrogen) atoms. The number of carbonyl (C=O) groups is 1. The van der Waals surface area contributed by atoms with E-state index in [2.05, 4.69) is 18.3 Å². The van der Waals surface area contributed by atoms with Crippen LogP contribution >= 0.6 is 11.8 Å². The predicted molar refractivity (Wildman–Crippen MR) is 102 cm³/mol. The molecule has 1 aliphatic carbocycles. The van der Waals surface area contributed by atoms with Crippen LogP contribution in [-0.2, 0) is 4.74 Å². The summed E-state index contributed by atoms with van der Waals surface area (Å²) in [5, 5.41) is 12.5. The first-order valence-electron chi connectivity index (χ1n) is 8.71. The molecule has 1 aromatic rings. The Bertz CT molecular complexity index is 652. The Balaban J connectivity index is 1.91. The number of Topliss-reactive ketones (excluding diaryl/α,β-unsaturated/α-hetero) is 1. The second kappa shape index (κ2) is 8.32. The fourth-order valence-electron chi connectivity index (χ4n) is 3.51. The molecule has 134 valence electrons. The average molecular weight is 359 g/mol. The van der Waals surface area contributed by atoms with Crippen molar-refractivity contribution in [1.82, 2.24) is 5.32 Å². The van der Waals surface area contributed by atoms with Crippen molar-refractivity contribution in [2.45, 2.75) is 13.0 Å². The molecule has 1 aromatic carbocycles. The summed E-state index contributed by atoms with van der Waals surface area (Å²) in [6.45, 7) is 4.48. The Morgan fingerprint density at radius 1 is 1.40 bits per heavy atom. The number of hydrogen-bond donors (Lipinski definition) is 2. The number of morpholine rings is 1. The molecule has 0 aromatic heterocycles. The fraction of sp³-hybridized carbons (Fsp3) is 0.450. The molecule has 1 aliphatic heterocycles. The number of ketones is 1. The highest BCUT2D eigenvalue weighted by molar-refractivity contribution is 8.03. The van der Waals surface area contributed by atoms with Gasteiger partial charge in [-0.3, -0.25) is 4.79 Å². The Morgan fingerprint density at radius 3 is 2.88 bits per heavy atom. The summed E-state index contributed by atoms with van der Waals surface area (Å²) < 4.78 is 6.04. The number of ether oxygens (including phenoxy) is 1. The van der Waals surface area contributed by atoms with Gasteiger partial charge in [0.2, 0.25) is 0 Å². The molecule has 4 nitrogen and oxygen atoms in total. The maximum absolute atomic E-state index is 13.2. The van der Waals surface area contributed by atoms with Gasteiger partial charge in [-0.2, -0.15) is 0 Å². The molecule has 3 atom stereocenters. The van der Waals surface area contributed by atoms with Gasteiger partial charge in [0.05, 0.1) is 25.2 Å². The molecule has 0 amide bonds. The van der Waals surface area contributed by atoms with Crippen LogP contribution in [0.5, 0.6) is 0 Å². The number of allylic oxidation sites excluding steroid dienone is 2. The van der Waals surface area contributed by atoms with Crippen LogP contribution in [0.25, 0.3) is 0 Å². The summed E-state index contributed by atoms with van der Waals surface area (Å²) in [5.41, 5.74) is 0.305. The lowest BCUT2D eigenvalue weighted by atomic mass is 9.67. The molecule has 1 fully saturated rings. The predicted octanol–water partition coefficient (Wildman–Crippen LogP) is 2.66. The van der Waals surface area contributed by atoms with Gasteiger partial charge in [0.15, 0.2) is 5.78 Å². The van der Waals surface area contributed by atoms with Crippen molar-refractivity contribution in [2.75, 3.05) is 32.1 Å². The first kappa shape index (κ1) is 18.4. The van der Waals surface area contributed by atoms with E-state index in [1.54, 1.807) is 11.8 Å². The number of benzene rings is 1. The number of hydrogen-bond acceptors (Lipinski definition) is 5. The van der Waals surface area contributed by atoms with Gasteiger partial charge in [0.1, 0.15) is 0 Å². The smallest absolute Gasteiger partial charge is 0.170 e. The number of nitrogens with one attached hydrogen (secondary N) is 1. The minimum atomic E-state index is -0.424. The first-order chi connectivity index (χ1) is 12.1. The van der Waals surface area contributed by atoms with E-state index in [4.69, 9.17) is 9.84 Å². The van der Waals surface area contributed by atoms with Gasteiger partial charge in [-0.15, -0.1) is 11.8 Å². The zero-order valence-corrected chi connectivity index (χ0v) is 15.3. The molecule has 3 rings (SSSR count). The Labute approximate surface area is 153 Å². The number of aliphatic hydroxyl groups excluding tert-OH is 1. The highest BCUT2D eigenvalue weighted by atomic mass is 32.2. The summed E-state index contributed by atoms with van der Waals surface area (Å²) in [5.74, 6) is 0.502. The van der Waals surface area contributed by atoms with Crippen LogP contribution in [0.15, 0.2) is 53.5 Å². The minimum Gasteiger partial charge on any atom is -0.396 e. The monoisotopic (exact) mass is 359 g/mol. The topological polar surface area (TPSA) is 58.6 Å². The van der Waals surface area contributed by atoms with Crippen LogP contribution in [-0.4, -0.2) is 49.0 Å². The number of thioether (sulfide) groups is 1. The Morgan fingerprint density at radius 2 is 2.20 bits per heavy atom. The quantitative estimate of drug-likeness (QED) is 0.765. The van der Waals surface area contributed by atoms with E-state index in [9.17, 15) is 4.79 Å². The van der Waals surface area contributed by atoms with Crippen molar-refractivity contribution >= 4 is 17.5 Å². The molecule has 0 bridgehead atoms. The van der Waals surface area contributed by atoms with Crippen LogP contribution in [0.3, 0.4) is 0 Å². The van der Waals surface area contributed by atoms with Crippen molar-refractivity contribution in [3.05, 3.63) is 59.0 Å². The molecule has 1 heterocycles. The number of rotatable bonds is 6. The SMILES string of the molecule is CC1(C2CNCCO2)C=C(SCCO)C=CC1C(=O)c1ccccc1. The van der Waals surface area contributed by atoms with Gasteiger partial charge in [0.25, 0.3) is 0 Å². The lowest BCUT2D eigenvalue weighted by Gasteiger charge is -2.43. The minimum absolute atomic E-state index is 0.0615. The molecule has 0 radical (unpaired) electrons. The van der Waals surface area contributed by atoms with Crippen molar-refractivity contribution in [1.29, 1.82) is 0 Å². The van der Waals surface area contributed by atoms with Crippen LogP contribution in [0.4, 0.5) is 0 Å². The summed E-state index contributed by atoms with van der Waals surface area (Å²) >= 11 is 1.61. The maximum Gasteiger partial charge on any atom is 0.170 e. The van der Waals surface area contributed by atoms with Crippen LogP contribution in [0, 0.1) is 11.3 Å². The summed E-state index contributed by atoms with van der Waals surface area (Å²) in [6, 6.07) is 9.46. The normalized spacial score (nSPS) is 29.3. The number of carbonyl (C=O) groups excluding carboxylic acids is 1. The van der Waals surface area contributed by atoms with E-state index < -0.39 is 5.41 Å². The van der Waals surface area contributed by atoms with Crippen molar-refractivity contribution < 1.29 is 14.6 Å². The molecule has 2 aliphatic rings. The van der Waals surface area contributed by atoms with E-state index in [0.29, 0.717) is 12.4 Å². The Hall–Kier alpha value is -1.40. The Kier molecular flexibility index (Phi) is 6.12. The van der Waals surface area contributed by atoms with Crippen LogP contribution in [0.2, 0.25) is 0 Å². The van der Waals surface area contributed by atoms with Gasteiger partial charge >= 0.3 is 0 Å². The highest BCUT2D eigenvalue weighted by Crippen LogP contribution is 2.44. The zero-order chi connectivity index (χ0) is 17.7. The summed E-state index contributed by atoms with van der Waals surface area (Å²) in [4.78, 5) is 14.3. The molecule has 5 heteroatoms. The van der Waals surface area contributed by atoms with Gasteiger partial charge in [-0.1, -0.05) is 55.5 Å². The van der Waals surface area contributed by atoms with Gasteiger partial charge < -0.3 is 15.2 Å². The lowest BCUT2D eigenvalue weighted by Crippen LogP contribution is -2.51. The van der Waals surface area contributed by atoms with E-state index >= 15 is 0 Å². The molecular formula is C20H25NO3S. The molecule has 0 saturated carbocycles. The maximum atomic E-state index is 13.2. The van der Waals surface area contributed by atoms with Gasteiger partial charge in [-0.25, -0.2) is 0 Å². The molecule has 1 saturated heterocycles. The summed E-state index contributed by atoms with van der Waals surface area (Å²) in [6.07, 6.45) is 6.11. The molecule has 2 N–H and O–H groups in total. The summed E-state index contributed by atoms with van der Waals surface area (Å²) in [7, 11) is 0. The third kappa shape index (κ3) is 4.06. The average Bonchev–Trinajstić information content (AvgIpc) is 2.67. The van der Waals surface area contributed by atoms with Crippen LogP contribution < -0.4 is 5.32 Å². The van der Waals surface area contributed by atoms with E-state index in [-0.39, 0.29) is 24.4 Å².